The average molecular weight is 400 g/mol. The van der Waals surface area contributed by atoms with Crippen LogP contribution in [0.25, 0.3) is 0 Å². The number of thiocarbonyl (C=S) groups is 1. The summed E-state index contributed by atoms with van der Waals surface area (Å²) in [5, 5.41) is 11.8. The number of unbranched alkanes of at least 4 members (excludes halogenated alkanes) is 9. The minimum atomic E-state index is -3.66. The van der Waals surface area contributed by atoms with Gasteiger partial charge in [-0.15, -0.1) is 0 Å². The number of primary sulfonamides is 1. The Hall–Kier alpha value is -1.18. The lowest BCUT2D eigenvalue weighted by atomic mass is 10.1. The molecule has 0 atom stereocenters. The van der Waals surface area contributed by atoms with Crippen molar-refractivity contribution in [2.75, 3.05) is 11.9 Å². The number of hydrogen-bond acceptors (Lipinski definition) is 3. The van der Waals surface area contributed by atoms with E-state index in [1.54, 1.807) is 12.1 Å². The fourth-order valence-electron chi connectivity index (χ4n) is 2.72. The van der Waals surface area contributed by atoms with Gasteiger partial charge in [0, 0.05) is 12.2 Å². The zero-order valence-electron chi connectivity index (χ0n) is 15.8. The summed E-state index contributed by atoms with van der Waals surface area (Å²) < 4.78 is 22.4. The highest BCUT2D eigenvalue weighted by atomic mass is 32.2. The van der Waals surface area contributed by atoms with Crippen LogP contribution in [0.5, 0.6) is 0 Å². The number of anilines is 1. The largest absolute Gasteiger partial charge is 0.362 e. The van der Waals surface area contributed by atoms with Crippen LogP contribution in [0.4, 0.5) is 5.69 Å². The lowest BCUT2D eigenvalue weighted by molar-refractivity contribution is 0.555. The van der Waals surface area contributed by atoms with Crippen LogP contribution in [0.1, 0.15) is 71.1 Å². The van der Waals surface area contributed by atoms with E-state index >= 15 is 0 Å². The first-order chi connectivity index (χ1) is 12.4. The van der Waals surface area contributed by atoms with E-state index in [-0.39, 0.29) is 4.90 Å². The fraction of sp³-hybridized carbons (Fsp3) is 0.632. The number of rotatable bonds is 13. The molecule has 0 aliphatic carbocycles. The predicted octanol–water partition coefficient (Wildman–Crippen LogP) is 4.54. The van der Waals surface area contributed by atoms with Crippen LogP contribution in [-0.2, 0) is 10.0 Å². The van der Waals surface area contributed by atoms with Gasteiger partial charge in [0.05, 0.1) is 4.90 Å². The minimum Gasteiger partial charge on any atom is -0.362 e. The maximum absolute atomic E-state index is 11.2. The van der Waals surface area contributed by atoms with Crippen LogP contribution in [0.2, 0.25) is 0 Å². The van der Waals surface area contributed by atoms with Crippen LogP contribution in [0.15, 0.2) is 29.2 Å². The first kappa shape index (κ1) is 22.9. The second kappa shape index (κ2) is 13.1. The molecule has 0 spiro atoms. The third kappa shape index (κ3) is 10.7. The first-order valence-electron chi connectivity index (χ1n) is 9.61. The van der Waals surface area contributed by atoms with E-state index in [9.17, 15) is 8.42 Å². The molecule has 0 unspecified atom stereocenters. The number of nitrogens with two attached hydrogens (primary N) is 1. The van der Waals surface area contributed by atoms with Crippen molar-refractivity contribution < 1.29 is 8.42 Å². The molecule has 1 rings (SSSR count). The molecule has 1 aromatic carbocycles. The van der Waals surface area contributed by atoms with E-state index in [1.807, 2.05) is 0 Å². The maximum Gasteiger partial charge on any atom is 0.238 e. The summed E-state index contributed by atoms with van der Waals surface area (Å²) in [6, 6.07) is 6.22. The molecule has 0 amide bonds. The third-order valence-corrected chi connectivity index (χ3v) is 5.43. The van der Waals surface area contributed by atoms with Gasteiger partial charge < -0.3 is 10.6 Å². The third-order valence-electron chi connectivity index (χ3n) is 4.26. The van der Waals surface area contributed by atoms with Crippen molar-refractivity contribution in [2.45, 2.75) is 76.0 Å². The smallest absolute Gasteiger partial charge is 0.238 e. The van der Waals surface area contributed by atoms with Gasteiger partial charge in [-0.1, -0.05) is 64.7 Å². The molecule has 0 saturated heterocycles. The minimum absolute atomic E-state index is 0.0901. The van der Waals surface area contributed by atoms with E-state index in [4.69, 9.17) is 17.4 Å². The summed E-state index contributed by atoms with van der Waals surface area (Å²) in [5.74, 6) is 0. The van der Waals surface area contributed by atoms with Gasteiger partial charge in [0.15, 0.2) is 5.11 Å². The van der Waals surface area contributed by atoms with E-state index < -0.39 is 10.0 Å². The summed E-state index contributed by atoms with van der Waals surface area (Å²) in [6.45, 7) is 3.09. The molecule has 0 aromatic heterocycles. The van der Waals surface area contributed by atoms with Crippen molar-refractivity contribution in [2.24, 2.45) is 5.14 Å². The van der Waals surface area contributed by atoms with Gasteiger partial charge >= 0.3 is 0 Å². The van der Waals surface area contributed by atoms with Crippen molar-refractivity contribution in [3.05, 3.63) is 24.3 Å². The van der Waals surface area contributed by atoms with E-state index in [0.29, 0.717) is 5.11 Å². The SMILES string of the molecule is CCCCCCCCCCCCNC(=S)Nc1ccc(S(N)(=O)=O)cc1. The maximum atomic E-state index is 11.2. The Balaban J connectivity index is 2.05. The molecule has 0 aliphatic heterocycles. The monoisotopic (exact) mass is 399 g/mol. The number of nitrogens with one attached hydrogen (secondary N) is 2. The average Bonchev–Trinajstić information content (AvgIpc) is 2.59. The Bertz CT molecular complexity index is 616. The lowest BCUT2D eigenvalue weighted by Crippen LogP contribution is -2.29. The molecule has 5 nitrogen and oxygen atoms in total. The molecular weight excluding hydrogens is 366 g/mol. The molecular formula is C19H33N3O2S2. The number of benzene rings is 1. The molecule has 148 valence electrons. The Morgan fingerprint density at radius 2 is 1.42 bits per heavy atom. The van der Waals surface area contributed by atoms with Gasteiger partial charge in [-0.3, -0.25) is 0 Å². The highest BCUT2D eigenvalue weighted by Gasteiger charge is 2.06. The molecule has 7 heteroatoms. The normalized spacial score (nSPS) is 11.3. The summed E-state index contributed by atoms with van der Waals surface area (Å²) in [7, 11) is -3.66. The van der Waals surface area contributed by atoms with Gasteiger partial charge in [0.1, 0.15) is 0 Å². The molecule has 0 fully saturated rings. The molecule has 0 heterocycles. The van der Waals surface area contributed by atoms with Crippen LogP contribution in [0.3, 0.4) is 0 Å². The Morgan fingerprint density at radius 1 is 0.923 bits per heavy atom. The summed E-state index contributed by atoms with van der Waals surface area (Å²) in [6.07, 6.45) is 13.1. The van der Waals surface area contributed by atoms with E-state index in [2.05, 4.69) is 17.6 Å². The summed E-state index contributed by atoms with van der Waals surface area (Å²) in [5.41, 5.74) is 0.734. The van der Waals surface area contributed by atoms with Crippen molar-refractivity contribution in [1.82, 2.24) is 5.32 Å². The second-order valence-corrected chi connectivity index (χ2v) is 8.60. The van der Waals surface area contributed by atoms with Crippen molar-refractivity contribution in [3.8, 4) is 0 Å². The Morgan fingerprint density at radius 3 is 1.92 bits per heavy atom. The molecule has 0 radical (unpaired) electrons. The van der Waals surface area contributed by atoms with Crippen LogP contribution in [0, 0.1) is 0 Å². The first-order valence-corrected chi connectivity index (χ1v) is 11.6. The quantitative estimate of drug-likeness (QED) is 0.335. The van der Waals surface area contributed by atoms with Gasteiger partial charge in [-0.2, -0.15) is 0 Å². The molecule has 0 aliphatic rings. The topological polar surface area (TPSA) is 84.2 Å². The Kier molecular flexibility index (Phi) is 11.5. The second-order valence-electron chi connectivity index (χ2n) is 6.63. The van der Waals surface area contributed by atoms with E-state index in [1.165, 1.54) is 69.9 Å². The van der Waals surface area contributed by atoms with Crippen LogP contribution < -0.4 is 15.8 Å². The van der Waals surface area contributed by atoms with Gasteiger partial charge in [-0.25, -0.2) is 13.6 Å². The summed E-state index contributed by atoms with van der Waals surface area (Å²) >= 11 is 5.25. The van der Waals surface area contributed by atoms with Crippen molar-refractivity contribution in [1.29, 1.82) is 0 Å². The van der Waals surface area contributed by atoms with Gasteiger partial charge in [-0.05, 0) is 42.9 Å². The van der Waals surface area contributed by atoms with Crippen molar-refractivity contribution >= 4 is 33.0 Å². The fourth-order valence-corrected chi connectivity index (χ4v) is 3.45. The van der Waals surface area contributed by atoms with E-state index in [0.717, 1.165) is 18.7 Å². The standard InChI is InChI=1S/C19H33N3O2S2/c1-2-3-4-5-6-7-8-9-10-11-16-21-19(25)22-17-12-14-18(15-13-17)26(20,23)24/h12-15H,2-11,16H2,1H3,(H2,20,23,24)(H2,21,22,25). The lowest BCUT2D eigenvalue weighted by Gasteiger charge is -2.10. The highest BCUT2D eigenvalue weighted by Crippen LogP contribution is 2.13. The number of hydrogen-bond donors (Lipinski definition) is 3. The Labute approximate surface area is 164 Å². The van der Waals surface area contributed by atoms with Gasteiger partial charge in [0.2, 0.25) is 10.0 Å². The molecule has 0 saturated carbocycles. The molecule has 26 heavy (non-hydrogen) atoms. The van der Waals surface area contributed by atoms with Gasteiger partial charge in [0.25, 0.3) is 0 Å². The highest BCUT2D eigenvalue weighted by molar-refractivity contribution is 7.89. The zero-order chi connectivity index (χ0) is 19.3. The summed E-state index contributed by atoms with van der Waals surface area (Å²) in [4.78, 5) is 0.0901. The zero-order valence-corrected chi connectivity index (χ0v) is 17.4. The molecule has 0 bridgehead atoms. The van der Waals surface area contributed by atoms with Crippen LogP contribution >= 0.6 is 12.2 Å². The van der Waals surface area contributed by atoms with Crippen molar-refractivity contribution in [3.63, 3.8) is 0 Å². The molecule has 1 aromatic rings. The van der Waals surface area contributed by atoms with Crippen LogP contribution in [-0.4, -0.2) is 20.1 Å². The molecule has 4 N–H and O–H groups in total. The number of sulfonamides is 1. The predicted molar refractivity (Wildman–Crippen MR) is 114 cm³/mol.